The normalized spacial score (nSPS) is 10.5. The van der Waals surface area contributed by atoms with Crippen LogP contribution in [0.3, 0.4) is 0 Å². The van der Waals surface area contributed by atoms with E-state index in [1.54, 1.807) is 24.3 Å². The van der Waals surface area contributed by atoms with E-state index in [0.717, 1.165) is 12.0 Å². The van der Waals surface area contributed by atoms with Crippen molar-refractivity contribution in [2.45, 2.75) is 34.1 Å². The number of nitrogens with one attached hydrogen (secondary N) is 2. The SMILES string of the molecule is CC(=O)Nc1cc(NC(=O)c2cccc(OCCC(C)C)c2)ccc1C. The summed E-state index contributed by atoms with van der Waals surface area (Å²) in [4.78, 5) is 23.8. The summed E-state index contributed by atoms with van der Waals surface area (Å²) in [6, 6.07) is 12.5. The summed E-state index contributed by atoms with van der Waals surface area (Å²) in [6.07, 6.45) is 0.964. The summed E-state index contributed by atoms with van der Waals surface area (Å²) in [6.45, 7) is 8.26. The third-order valence-electron chi connectivity index (χ3n) is 3.87. The Bertz CT molecular complexity index is 785. The van der Waals surface area contributed by atoms with Crippen LogP contribution in [0.1, 0.15) is 43.1 Å². The molecule has 0 spiro atoms. The molecular weight excluding hydrogens is 328 g/mol. The Kier molecular flexibility index (Phi) is 6.78. The van der Waals surface area contributed by atoms with Crippen LogP contribution in [0.4, 0.5) is 11.4 Å². The van der Waals surface area contributed by atoms with Crippen molar-refractivity contribution in [1.29, 1.82) is 0 Å². The lowest BCUT2D eigenvalue weighted by atomic mass is 10.1. The molecule has 5 nitrogen and oxygen atoms in total. The van der Waals surface area contributed by atoms with Crippen LogP contribution in [0.15, 0.2) is 42.5 Å². The highest BCUT2D eigenvalue weighted by Crippen LogP contribution is 2.21. The zero-order valence-corrected chi connectivity index (χ0v) is 15.8. The molecule has 0 aliphatic heterocycles. The quantitative estimate of drug-likeness (QED) is 0.762. The smallest absolute Gasteiger partial charge is 0.255 e. The standard InChI is InChI=1S/C21H26N2O3/c1-14(2)10-11-26-19-7-5-6-17(12-19)21(25)23-18-9-8-15(3)20(13-18)22-16(4)24/h5-9,12-14H,10-11H2,1-4H3,(H,22,24)(H,23,25). The number of aryl methyl sites for hydroxylation is 1. The minimum Gasteiger partial charge on any atom is -0.494 e. The molecule has 2 N–H and O–H groups in total. The first-order valence-electron chi connectivity index (χ1n) is 8.77. The Morgan fingerprint density at radius 1 is 1.08 bits per heavy atom. The van der Waals surface area contributed by atoms with E-state index in [-0.39, 0.29) is 11.8 Å². The van der Waals surface area contributed by atoms with Gasteiger partial charge >= 0.3 is 0 Å². The highest BCUT2D eigenvalue weighted by atomic mass is 16.5. The first kappa shape index (κ1) is 19.5. The van der Waals surface area contributed by atoms with Crippen molar-refractivity contribution in [2.24, 2.45) is 5.92 Å². The van der Waals surface area contributed by atoms with Crippen molar-refractivity contribution in [3.8, 4) is 5.75 Å². The molecule has 0 saturated heterocycles. The second-order valence-corrected chi connectivity index (χ2v) is 6.72. The van der Waals surface area contributed by atoms with Crippen molar-refractivity contribution < 1.29 is 14.3 Å². The van der Waals surface area contributed by atoms with Gasteiger partial charge in [-0.3, -0.25) is 9.59 Å². The summed E-state index contributed by atoms with van der Waals surface area (Å²) in [5.74, 6) is 0.877. The van der Waals surface area contributed by atoms with E-state index in [2.05, 4.69) is 24.5 Å². The van der Waals surface area contributed by atoms with Crippen LogP contribution in [-0.2, 0) is 4.79 Å². The fraction of sp³-hybridized carbons (Fsp3) is 0.333. The third kappa shape index (κ3) is 5.92. The van der Waals surface area contributed by atoms with Gasteiger partial charge in [0.1, 0.15) is 5.75 Å². The summed E-state index contributed by atoms with van der Waals surface area (Å²) in [5, 5.41) is 5.61. The van der Waals surface area contributed by atoms with Gasteiger partial charge in [0.2, 0.25) is 5.91 Å². The Morgan fingerprint density at radius 3 is 2.54 bits per heavy atom. The summed E-state index contributed by atoms with van der Waals surface area (Å²) in [5.41, 5.74) is 2.75. The van der Waals surface area contributed by atoms with Crippen LogP contribution in [0.2, 0.25) is 0 Å². The van der Waals surface area contributed by atoms with Crippen LogP contribution < -0.4 is 15.4 Å². The second kappa shape index (κ2) is 9.04. The van der Waals surface area contributed by atoms with Gasteiger partial charge in [0.15, 0.2) is 0 Å². The lowest BCUT2D eigenvalue weighted by molar-refractivity contribution is -0.114. The molecule has 5 heteroatoms. The van der Waals surface area contributed by atoms with Crippen molar-refractivity contribution in [3.05, 3.63) is 53.6 Å². The van der Waals surface area contributed by atoms with Crippen LogP contribution in [0.5, 0.6) is 5.75 Å². The predicted molar refractivity (Wildman–Crippen MR) is 105 cm³/mol. The zero-order chi connectivity index (χ0) is 19.1. The molecule has 0 radical (unpaired) electrons. The Morgan fingerprint density at radius 2 is 1.85 bits per heavy atom. The monoisotopic (exact) mass is 354 g/mol. The van der Waals surface area contributed by atoms with Crippen molar-refractivity contribution in [2.75, 3.05) is 17.2 Å². The molecule has 0 fully saturated rings. The van der Waals surface area contributed by atoms with Crippen molar-refractivity contribution in [1.82, 2.24) is 0 Å². The summed E-state index contributed by atoms with van der Waals surface area (Å²) >= 11 is 0. The first-order chi connectivity index (χ1) is 12.3. The highest BCUT2D eigenvalue weighted by molar-refractivity contribution is 6.05. The summed E-state index contributed by atoms with van der Waals surface area (Å²) in [7, 11) is 0. The average Bonchev–Trinajstić information content (AvgIpc) is 2.57. The molecule has 2 amide bonds. The van der Waals surface area contributed by atoms with Gasteiger partial charge in [-0.15, -0.1) is 0 Å². The number of rotatable bonds is 7. The molecule has 138 valence electrons. The second-order valence-electron chi connectivity index (χ2n) is 6.72. The minimum atomic E-state index is -0.225. The lowest BCUT2D eigenvalue weighted by Gasteiger charge is -2.12. The van der Waals surface area contributed by atoms with E-state index < -0.39 is 0 Å². The topological polar surface area (TPSA) is 67.4 Å². The molecule has 0 aromatic heterocycles. The average molecular weight is 354 g/mol. The fourth-order valence-corrected chi connectivity index (χ4v) is 2.37. The van der Waals surface area contributed by atoms with E-state index in [1.807, 2.05) is 25.1 Å². The van der Waals surface area contributed by atoms with E-state index >= 15 is 0 Å². The molecule has 0 aliphatic carbocycles. The van der Waals surface area contributed by atoms with Gasteiger partial charge in [-0.1, -0.05) is 26.0 Å². The van der Waals surface area contributed by atoms with E-state index in [4.69, 9.17) is 4.74 Å². The van der Waals surface area contributed by atoms with E-state index in [1.165, 1.54) is 6.92 Å². The number of carbonyl (C=O) groups is 2. The molecule has 0 atom stereocenters. The fourth-order valence-electron chi connectivity index (χ4n) is 2.37. The summed E-state index contributed by atoms with van der Waals surface area (Å²) < 4.78 is 5.71. The Balaban J connectivity index is 2.06. The third-order valence-corrected chi connectivity index (χ3v) is 3.87. The largest absolute Gasteiger partial charge is 0.494 e. The minimum absolute atomic E-state index is 0.150. The molecule has 2 rings (SSSR count). The number of hydrogen-bond acceptors (Lipinski definition) is 3. The van der Waals surface area contributed by atoms with Gasteiger partial charge in [0, 0.05) is 23.9 Å². The van der Waals surface area contributed by atoms with Crippen LogP contribution in [-0.4, -0.2) is 18.4 Å². The molecule has 0 heterocycles. The number of anilines is 2. The maximum Gasteiger partial charge on any atom is 0.255 e. The van der Waals surface area contributed by atoms with E-state index in [0.29, 0.717) is 35.2 Å². The van der Waals surface area contributed by atoms with Crippen LogP contribution >= 0.6 is 0 Å². The molecule has 2 aromatic rings. The number of ether oxygens (including phenoxy) is 1. The van der Waals surface area contributed by atoms with Crippen molar-refractivity contribution >= 4 is 23.2 Å². The molecule has 2 aromatic carbocycles. The molecule has 0 saturated carbocycles. The molecule has 0 aliphatic rings. The lowest BCUT2D eigenvalue weighted by Crippen LogP contribution is -2.13. The zero-order valence-electron chi connectivity index (χ0n) is 15.8. The molecular formula is C21H26N2O3. The van der Waals surface area contributed by atoms with Gasteiger partial charge in [-0.05, 0) is 55.2 Å². The number of hydrogen-bond donors (Lipinski definition) is 2. The van der Waals surface area contributed by atoms with Gasteiger partial charge in [-0.25, -0.2) is 0 Å². The Labute approximate surface area is 154 Å². The predicted octanol–water partition coefficient (Wildman–Crippen LogP) is 4.63. The maximum atomic E-state index is 12.5. The number of benzene rings is 2. The van der Waals surface area contributed by atoms with Gasteiger partial charge in [0.05, 0.1) is 6.61 Å². The molecule has 0 bridgehead atoms. The van der Waals surface area contributed by atoms with Gasteiger partial charge in [0.25, 0.3) is 5.91 Å². The maximum absolute atomic E-state index is 12.5. The van der Waals surface area contributed by atoms with E-state index in [9.17, 15) is 9.59 Å². The van der Waals surface area contributed by atoms with Crippen LogP contribution in [0, 0.1) is 12.8 Å². The Hall–Kier alpha value is -2.82. The van der Waals surface area contributed by atoms with Gasteiger partial charge < -0.3 is 15.4 Å². The first-order valence-corrected chi connectivity index (χ1v) is 8.77. The number of carbonyl (C=O) groups excluding carboxylic acids is 2. The van der Waals surface area contributed by atoms with Gasteiger partial charge in [-0.2, -0.15) is 0 Å². The molecule has 26 heavy (non-hydrogen) atoms. The molecule has 0 unspecified atom stereocenters. The number of amides is 2. The van der Waals surface area contributed by atoms with Crippen molar-refractivity contribution in [3.63, 3.8) is 0 Å². The highest BCUT2D eigenvalue weighted by Gasteiger charge is 2.09. The van der Waals surface area contributed by atoms with Crippen LogP contribution in [0.25, 0.3) is 0 Å².